The monoisotopic (exact) mass is 454 g/mol. The van der Waals surface area contributed by atoms with E-state index in [4.69, 9.17) is 18.9 Å². The quantitative estimate of drug-likeness (QED) is 0.568. The van der Waals surface area contributed by atoms with Crippen molar-refractivity contribution >= 4 is 17.6 Å². The lowest BCUT2D eigenvalue weighted by molar-refractivity contribution is -0.134. The highest BCUT2D eigenvalue weighted by Crippen LogP contribution is 2.21. The van der Waals surface area contributed by atoms with Gasteiger partial charge in [0, 0.05) is 38.5 Å². The van der Waals surface area contributed by atoms with Gasteiger partial charge in [-0.25, -0.2) is 4.79 Å². The van der Waals surface area contributed by atoms with Crippen LogP contribution in [-0.4, -0.2) is 76.0 Å². The van der Waals surface area contributed by atoms with Crippen LogP contribution in [0.1, 0.15) is 23.2 Å². The van der Waals surface area contributed by atoms with Gasteiger partial charge in [0.05, 0.1) is 18.8 Å². The van der Waals surface area contributed by atoms with Gasteiger partial charge in [-0.15, -0.1) is 0 Å². The summed E-state index contributed by atoms with van der Waals surface area (Å²) in [7, 11) is 1.64. The average molecular weight is 455 g/mol. The fourth-order valence-electron chi connectivity index (χ4n) is 3.96. The van der Waals surface area contributed by atoms with Crippen molar-refractivity contribution < 1.29 is 28.5 Å². The van der Waals surface area contributed by atoms with Crippen molar-refractivity contribution in [2.75, 3.05) is 58.0 Å². The molecule has 2 aliphatic heterocycles. The Morgan fingerprint density at radius 2 is 1.67 bits per heavy atom. The third-order valence-electron chi connectivity index (χ3n) is 5.95. The smallest absolute Gasteiger partial charge is 0.338 e. The third kappa shape index (κ3) is 6.16. The van der Waals surface area contributed by atoms with Gasteiger partial charge in [0.15, 0.2) is 6.61 Å². The summed E-state index contributed by atoms with van der Waals surface area (Å²) in [5.74, 6) is 0.781. The lowest BCUT2D eigenvalue weighted by Gasteiger charge is -2.36. The Morgan fingerprint density at radius 3 is 2.30 bits per heavy atom. The van der Waals surface area contributed by atoms with Crippen LogP contribution >= 0.6 is 0 Å². The molecule has 0 saturated carbocycles. The molecule has 2 fully saturated rings. The number of nitrogens with zero attached hydrogens (tertiary/aromatic N) is 2. The number of carbonyl (C=O) groups is 2. The van der Waals surface area contributed by atoms with Crippen LogP contribution in [0.4, 0.5) is 5.69 Å². The SMILES string of the molecule is COc1ccc(N2CCN(C(=O)COC(=O)c3ccc(OCC4CCCO4)cc3)CC2)cc1. The molecule has 2 saturated heterocycles. The summed E-state index contributed by atoms with van der Waals surface area (Å²) in [5, 5.41) is 0. The van der Waals surface area contributed by atoms with E-state index >= 15 is 0 Å². The number of esters is 1. The minimum Gasteiger partial charge on any atom is -0.497 e. The molecule has 2 aliphatic rings. The molecule has 8 heteroatoms. The van der Waals surface area contributed by atoms with Crippen LogP contribution in [0, 0.1) is 0 Å². The van der Waals surface area contributed by atoms with Crippen LogP contribution < -0.4 is 14.4 Å². The van der Waals surface area contributed by atoms with Gasteiger partial charge in [-0.2, -0.15) is 0 Å². The Hall–Kier alpha value is -3.26. The zero-order valence-corrected chi connectivity index (χ0v) is 18.9. The first-order valence-electron chi connectivity index (χ1n) is 11.3. The number of benzene rings is 2. The van der Waals surface area contributed by atoms with E-state index in [0.29, 0.717) is 31.0 Å². The van der Waals surface area contributed by atoms with Crippen molar-refractivity contribution in [3.05, 3.63) is 54.1 Å². The van der Waals surface area contributed by atoms with Gasteiger partial charge in [-0.3, -0.25) is 4.79 Å². The predicted molar refractivity (Wildman–Crippen MR) is 123 cm³/mol. The van der Waals surface area contributed by atoms with Gasteiger partial charge in [-0.1, -0.05) is 0 Å². The van der Waals surface area contributed by atoms with E-state index in [0.717, 1.165) is 44.0 Å². The summed E-state index contributed by atoms with van der Waals surface area (Å²) in [4.78, 5) is 28.8. The summed E-state index contributed by atoms with van der Waals surface area (Å²) in [5.41, 5.74) is 1.48. The number of piperazine rings is 1. The maximum absolute atomic E-state index is 12.5. The maximum atomic E-state index is 12.5. The van der Waals surface area contributed by atoms with Crippen LogP contribution in [-0.2, 0) is 14.3 Å². The van der Waals surface area contributed by atoms with E-state index in [1.165, 1.54) is 0 Å². The Morgan fingerprint density at radius 1 is 0.970 bits per heavy atom. The topological polar surface area (TPSA) is 77.5 Å². The van der Waals surface area contributed by atoms with Crippen LogP contribution in [0.5, 0.6) is 11.5 Å². The molecule has 0 N–H and O–H groups in total. The highest BCUT2D eigenvalue weighted by Gasteiger charge is 2.22. The van der Waals surface area contributed by atoms with E-state index in [-0.39, 0.29) is 18.6 Å². The molecule has 0 bridgehead atoms. The summed E-state index contributed by atoms with van der Waals surface area (Å²) in [6.45, 7) is 3.63. The highest BCUT2D eigenvalue weighted by atomic mass is 16.5. The molecule has 4 rings (SSSR count). The second-order valence-electron chi connectivity index (χ2n) is 8.11. The van der Waals surface area contributed by atoms with Gasteiger partial charge in [0.25, 0.3) is 5.91 Å². The largest absolute Gasteiger partial charge is 0.497 e. The zero-order chi connectivity index (χ0) is 23.0. The number of hydrogen-bond donors (Lipinski definition) is 0. The molecule has 1 atom stereocenters. The molecule has 0 aliphatic carbocycles. The normalized spacial score (nSPS) is 18.2. The molecule has 1 unspecified atom stereocenters. The summed E-state index contributed by atoms with van der Waals surface area (Å²) < 4.78 is 21.7. The van der Waals surface area contributed by atoms with Crippen molar-refractivity contribution in [3.63, 3.8) is 0 Å². The Kier molecular flexibility index (Phi) is 7.67. The maximum Gasteiger partial charge on any atom is 0.338 e. The molecule has 33 heavy (non-hydrogen) atoms. The zero-order valence-electron chi connectivity index (χ0n) is 18.9. The lowest BCUT2D eigenvalue weighted by atomic mass is 10.2. The molecule has 0 radical (unpaired) electrons. The van der Waals surface area contributed by atoms with Crippen LogP contribution in [0.25, 0.3) is 0 Å². The van der Waals surface area contributed by atoms with E-state index < -0.39 is 5.97 Å². The summed E-state index contributed by atoms with van der Waals surface area (Å²) >= 11 is 0. The van der Waals surface area contributed by atoms with Crippen LogP contribution in [0.15, 0.2) is 48.5 Å². The van der Waals surface area contributed by atoms with Gasteiger partial charge in [0.1, 0.15) is 18.1 Å². The minimum absolute atomic E-state index is 0.138. The molecule has 2 aromatic carbocycles. The number of amides is 1. The molecule has 0 spiro atoms. The van der Waals surface area contributed by atoms with Crippen molar-refractivity contribution in [1.82, 2.24) is 4.90 Å². The fourth-order valence-corrected chi connectivity index (χ4v) is 3.96. The second kappa shape index (κ2) is 11.0. The number of hydrogen-bond acceptors (Lipinski definition) is 7. The Balaban J connectivity index is 1.18. The molecule has 2 heterocycles. The molecular weight excluding hydrogens is 424 g/mol. The van der Waals surface area contributed by atoms with Crippen molar-refractivity contribution in [2.24, 2.45) is 0 Å². The number of methoxy groups -OCH3 is 1. The van der Waals surface area contributed by atoms with Gasteiger partial charge >= 0.3 is 5.97 Å². The molecule has 0 aromatic heterocycles. The van der Waals surface area contributed by atoms with Crippen molar-refractivity contribution in [2.45, 2.75) is 18.9 Å². The van der Waals surface area contributed by atoms with Gasteiger partial charge in [0.2, 0.25) is 0 Å². The number of rotatable bonds is 8. The summed E-state index contributed by atoms with van der Waals surface area (Å²) in [6, 6.07) is 14.6. The lowest BCUT2D eigenvalue weighted by Crippen LogP contribution is -2.49. The fraction of sp³-hybridized carbons (Fsp3) is 0.440. The van der Waals surface area contributed by atoms with Crippen molar-refractivity contribution in [3.8, 4) is 11.5 Å². The Labute approximate surface area is 194 Å². The second-order valence-corrected chi connectivity index (χ2v) is 8.11. The van der Waals surface area contributed by atoms with E-state index in [9.17, 15) is 9.59 Å². The Bertz CT molecular complexity index is 917. The van der Waals surface area contributed by atoms with Crippen LogP contribution in [0.3, 0.4) is 0 Å². The van der Waals surface area contributed by atoms with Crippen LogP contribution in [0.2, 0.25) is 0 Å². The first kappa shape index (κ1) is 22.9. The number of carbonyl (C=O) groups excluding carboxylic acids is 2. The number of anilines is 1. The van der Waals surface area contributed by atoms with E-state index in [1.54, 1.807) is 36.3 Å². The minimum atomic E-state index is -0.522. The molecule has 2 aromatic rings. The summed E-state index contributed by atoms with van der Waals surface area (Å²) in [6.07, 6.45) is 2.21. The van der Waals surface area contributed by atoms with E-state index in [1.807, 2.05) is 24.3 Å². The first-order chi connectivity index (χ1) is 16.1. The first-order valence-corrected chi connectivity index (χ1v) is 11.3. The number of ether oxygens (including phenoxy) is 4. The predicted octanol–water partition coefficient (Wildman–Crippen LogP) is 2.76. The third-order valence-corrected chi connectivity index (χ3v) is 5.95. The van der Waals surface area contributed by atoms with E-state index in [2.05, 4.69) is 4.90 Å². The molecule has 8 nitrogen and oxygen atoms in total. The van der Waals surface area contributed by atoms with Gasteiger partial charge < -0.3 is 28.7 Å². The van der Waals surface area contributed by atoms with Crippen molar-refractivity contribution in [1.29, 1.82) is 0 Å². The highest BCUT2D eigenvalue weighted by molar-refractivity contribution is 5.91. The standard InChI is InChI=1S/C25H30N2O6/c1-30-21-10-6-20(7-11-21)26-12-14-27(15-13-26)24(28)18-33-25(29)19-4-8-22(9-5-19)32-17-23-3-2-16-31-23/h4-11,23H,2-3,12-18H2,1H3. The molecule has 176 valence electrons. The molecule has 1 amide bonds. The molecular formula is C25H30N2O6. The van der Waals surface area contributed by atoms with Gasteiger partial charge in [-0.05, 0) is 61.4 Å². The average Bonchev–Trinajstić information content (AvgIpc) is 3.40.